The fraction of sp³-hybridized carbons (Fsp3) is 0.241. The Morgan fingerprint density at radius 1 is 1.08 bits per heavy atom. The molecule has 0 radical (unpaired) electrons. The Morgan fingerprint density at radius 2 is 1.86 bits per heavy atom. The Labute approximate surface area is 215 Å². The highest BCUT2D eigenvalue weighted by molar-refractivity contribution is 6.03. The highest BCUT2D eigenvalue weighted by Crippen LogP contribution is 2.37. The molecule has 1 heterocycles. The van der Waals surface area contributed by atoms with E-state index in [1.807, 2.05) is 55.5 Å². The zero-order valence-electron chi connectivity index (χ0n) is 20.7. The van der Waals surface area contributed by atoms with Gasteiger partial charge in [-0.15, -0.1) is 0 Å². The third-order valence-corrected chi connectivity index (χ3v) is 6.60. The number of aromatic nitrogens is 2. The van der Waals surface area contributed by atoms with E-state index in [1.165, 1.54) is 18.9 Å². The molecule has 190 valence electrons. The van der Waals surface area contributed by atoms with Crippen LogP contribution in [0.5, 0.6) is 11.5 Å². The largest absolute Gasteiger partial charge is 0.504 e. The monoisotopic (exact) mass is 497 g/mol. The molecule has 0 aliphatic heterocycles. The third-order valence-electron chi connectivity index (χ3n) is 6.60. The van der Waals surface area contributed by atoms with Crippen LogP contribution < -0.4 is 16.4 Å². The molecule has 3 aromatic carbocycles. The molecule has 1 atom stereocenters. The van der Waals surface area contributed by atoms with Gasteiger partial charge in [-0.2, -0.15) is 5.10 Å². The van der Waals surface area contributed by atoms with Crippen LogP contribution in [0.3, 0.4) is 0 Å². The van der Waals surface area contributed by atoms with Crippen LogP contribution >= 0.6 is 0 Å². The number of anilines is 1. The van der Waals surface area contributed by atoms with E-state index in [4.69, 9.17) is 5.73 Å². The Kier molecular flexibility index (Phi) is 6.94. The number of phenols is 2. The van der Waals surface area contributed by atoms with Crippen molar-refractivity contribution in [3.8, 4) is 17.2 Å². The van der Waals surface area contributed by atoms with Gasteiger partial charge in [0, 0.05) is 17.8 Å². The van der Waals surface area contributed by atoms with Gasteiger partial charge in [-0.3, -0.25) is 4.79 Å². The number of nitrogens with zero attached hydrogens (tertiary/aromatic N) is 2. The van der Waals surface area contributed by atoms with Crippen LogP contribution in [0.15, 0.2) is 72.8 Å². The lowest BCUT2D eigenvalue weighted by Crippen LogP contribution is -2.25. The molecule has 5 rings (SSSR count). The standard InChI is InChI=1S/C29H31N5O3/c1-18-13-25(34(33-18)23-8-2-5-20(14-23)16-30)29(37)32-22-7-3-6-21(15-22)27(31-17-19-11-12-19)24-9-4-10-26(35)28(24)36/h2-10,13-15,19,27,31,35-36H,11-12,16-17,30H2,1H3,(H,32,37). The minimum atomic E-state index is -0.351. The summed E-state index contributed by atoms with van der Waals surface area (Å²) < 4.78 is 1.62. The van der Waals surface area contributed by atoms with Gasteiger partial charge in [-0.05, 0) is 79.8 Å². The van der Waals surface area contributed by atoms with Gasteiger partial charge < -0.3 is 26.6 Å². The molecule has 1 fully saturated rings. The highest BCUT2D eigenvalue weighted by atomic mass is 16.3. The molecular formula is C29H31N5O3. The number of aromatic hydroxyl groups is 2. The fourth-order valence-corrected chi connectivity index (χ4v) is 4.46. The number of para-hydroxylation sites is 1. The van der Waals surface area contributed by atoms with Gasteiger partial charge in [0.15, 0.2) is 11.5 Å². The highest BCUT2D eigenvalue weighted by Gasteiger charge is 2.25. The van der Waals surface area contributed by atoms with Gasteiger partial charge in [0.05, 0.1) is 17.4 Å². The number of nitrogens with one attached hydrogen (secondary N) is 2. The summed E-state index contributed by atoms with van der Waals surface area (Å²) in [6.45, 7) is 3.04. The average molecular weight is 498 g/mol. The van der Waals surface area contributed by atoms with E-state index in [9.17, 15) is 15.0 Å². The van der Waals surface area contributed by atoms with E-state index in [-0.39, 0.29) is 23.4 Å². The number of carbonyl (C=O) groups is 1. The van der Waals surface area contributed by atoms with E-state index >= 15 is 0 Å². The summed E-state index contributed by atoms with van der Waals surface area (Å²) >= 11 is 0. The van der Waals surface area contributed by atoms with Crippen LogP contribution in [0.1, 0.15) is 51.8 Å². The molecule has 1 amide bonds. The van der Waals surface area contributed by atoms with Gasteiger partial charge in [-0.25, -0.2) is 4.68 Å². The van der Waals surface area contributed by atoms with Crippen LogP contribution in [0.25, 0.3) is 5.69 Å². The number of phenolic OH excluding ortho intramolecular Hbond substituents is 2. The van der Waals surface area contributed by atoms with Crippen molar-refractivity contribution < 1.29 is 15.0 Å². The molecule has 4 aromatic rings. The predicted octanol–water partition coefficient (Wildman–Crippen LogP) is 4.39. The van der Waals surface area contributed by atoms with Gasteiger partial charge in [0.2, 0.25) is 0 Å². The van der Waals surface area contributed by atoms with Gasteiger partial charge in [0.1, 0.15) is 5.69 Å². The lowest BCUT2D eigenvalue weighted by Gasteiger charge is -2.22. The van der Waals surface area contributed by atoms with Gasteiger partial charge in [0.25, 0.3) is 5.91 Å². The number of rotatable bonds is 9. The number of amides is 1. The Balaban J connectivity index is 1.43. The topological polar surface area (TPSA) is 125 Å². The van der Waals surface area contributed by atoms with Crippen LogP contribution in [-0.4, -0.2) is 32.4 Å². The summed E-state index contributed by atoms with van der Waals surface area (Å²) in [7, 11) is 0. The van der Waals surface area contributed by atoms with Crippen molar-refractivity contribution in [2.75, 3.05) is 11.9 Å². The second-order valence-electron chi connectivity index (χ2n) is 9.54. The lowest BCUT2D eigenvalue weighted by atomic mass is 9.96. The van der Waals surface area contributed by atoms with E-state index in [1.54, 1.807) is 22.9 Å². The molecule has 0 bridgehead atoms. The first-order chi connectivity index (χ1) is 17.9. The van der Waals surface area contributed by atoms with Crippen molar-refractivity contribution in [3.63, 3.8) is 0 Å². The molecule has 37 heavy (non-hydrogen) atoms. The number of hydrogen-bond acceptors (Lipinski definition) is 6. The smallest absolute Gasteiger partial charge is 0.274 e. The minimum absolute atomic E-state index is 0.149. The van der Waals surface area contributed by atoms with Crippen LogP contribution in [0, 0.1) is 12.8 Å². The molecule has 1 aromatic heterocycles. The minimum Gasteiger partial charge on any atom is -0.504 e. The summed E-state index contributed by atoms with van der Waals surface area (Å²) in [4.78, 5) is 13.4. The number of nitrogens with two attached hydrogens (primary N) is 1. The normalized spacial score (nSPS) is 13.9. The number of hydrogen-bond donors (Lipinski definition) is 5. The summed E-state index contributed by atoms with van der Waals surface area (Å²) in [5, 5.41) is 31.7. The van der Waals surface area contributed by atoms with E-state index < -0.39 is 0 Å². The van der Waals surface area contributed by atoms with Crippen LogP contribution in [0.2, 0.25) is 0 Å². The average Bonchev–Trinajstić information content (AvgIpc) is 3.65. The molecule has 6 N–H and O–H groups in total. The zero-order valence-corrected chi connectivity index (χ0v) is 20.7. The molecular weight excluding hydrogens is 466 g/mol. The maximum atomic E-state index is 13.4. The molecule has 1 aliphatic carbocycles. The van der Waals surface area contributed by atoms with Crippen molar-refractivity contribution in [2.45, 2.75) is 32.4 Å². The van der Waals surface area contributed by atoms with Crippen molar-refractivity contribution >= 4 is 11.6 Å². The van der Waals surface area contributed by atoms with Crippen molar-refractivity contribution in [1.29, 1.82) is 0 Å². The second kappa shape index (κ2) is 10.5. The zero-order chi connectivity index (χ0) is 25.9. The summed E-state index contributed by atoms with van der Waals surface area (Å²) in [5.74, 6) is 0.0107. The molecule has 0 spiro atoms. The second-order valence-corrected chi connectivity index (χ2v) is 9.54. The number of aryl methyl sites for hydroxylation is 1. The third kappa shape index (κ3) is 5.50. The maximum absolute atomic E-state index is 13.4. The first-order valence-electron chi connectivity index (χ1n) is 12.4. The van der Waals surface area contributed by atoms with Crippen LogP contribution in [0.4, 0.5) is 5.69 Å². The van der Waals surface area contributed by atoms with E-state index in [2.05, 4.69) is 15.7 Å². The first-order valence-corrected chi connectivity index (χ1v) is 12.4. The van der Waals surface area contributed by atoms with Gasteiger partial charge in [-0.1, -0.05) is 36.4 Å². The molecule has 8 heteroatoms. The predicted molar refractivity (Wildman–Crippen MR) is 143 cm³/mol. The number of benzene rings is 3. The molecule has 8 nitrogen and oxygen atoms in total. The van der Waals surface area contributed by atoms with Crippen molar-refractivity contribution in [1.82, 2.24) is 15.1 Å². The number of carbonyl (C=O) groups excluding carboxylic acids is 1. The Hall–Kier alpha value is -4.14. The first kappa shape index (κ1) is 24.5. The quantitative estimate of drug-likeness (QED) is 0.218. The summed E-state index contributed by atoms with van der Waals surface area (Å²) in [6, 6.07) is 21.5. The maximum Gasteiger partial charge on any atom is 0.274 e. The molecule has 1 unspecified atom stereocenters. The van der Waals surface area contributed by atoms with Crippen molar-refractivity contribution in [2.24, 2.45) is 11.7 Å². The Bertz CT molecular complexity index is 1430. The Morgan fingerprint density at radius 3 is 2.65 bits per heavy atom. The summed E-state index contributed by atoms with van der Waals surface area (Å²) in [6.07, 6.45) is 2.37. The molecule has 0 saturated heterocycles. The fourth-order valence-electron chi connectivity index (χ4n) is 4.46. The molecule has 1 aliphatic rings. The summed E-state index contributed by atoms with van der Waals surface area (Å²) in [5.41, 5.74) is 10.7. The van der Waals surface area contributed by atoms with E-state index in [0.29, 0.717) is 29.4 Å². The van der Waals surface area contributed by atoms with Gasteiger partial charge >= 0.3 is 0 Å². The SMILES string of the molecule is Cc1cc(C(=O)Nc2cccc(C(NCC3CC3)c3cccc(O)c3O)c2)n(-c2cccc(CN)c2)n1. The lowest BCUT2D eigenvalue weighted by molar-refractivity contribution is 0.101. The molecule has 1 saturated carbocycles. The van der Waals surface area contributed by atoms with E-state index in [0.717, 1.165) is 29.1 Å². The van der Waals surface area contributed by atoms with Crippen molar-refractivity contribution in [3.05, 3.63) is 101 Å². The van der Waals surface area contributed by atoms with Crippen LogP contribution in [-0.2, 0) is 6.54 Å².